The van der Waals surface area contributed by atoms with E-state index in [1.54, 1.807) is 0 Å². The molecule has 2 heteroatoms. The summed E-state index contributed by atoms with van der Waals surface area (Å²) >= 11 is 2.16. The summed E-state index contributed by atoms with van der Waals surface area (Å²) in [7, 11) is 0. The molecule has 0 radical (unpaired) electrons. The molecule has 0 spiro atoms. The molecule has 0 aromatic heterocycles. The average molecular weight is 263 g/mol. The van der Waals surface area contributed by atoms with Crippen LogP contribution in [0.5, 0.6) is 0 Å². The van der Waals surface area contributed by atoms with Crippen molar-refractivity contribution in [3.8, 4) is 0 Å². The Bertz CT molecular complexity index is 306. The first-order valence-electron chi connectivity index (χ1n) is 7.31. The lowest BCUT2D eigenvalue weighted by atomic mass is 10.1. The fourth-order valence-electron chi connectivity index (χ4n) is 2.46. The van der Waals surface area contributed by atoms with Gasteiger partial charge in [-0.15, -0.1) is 0 Å². The van der Waals surface area contributed by atoms with Crippen LogP contribution in [0, 0.1) is 0 Å². The molecule has 0 amide bonds. The summed E-state index contributed by atoms with van der Waals surface area (Å²) in [5.41, 5.74) is 1.47. The van der Waals surface area contributed by atoms with Crippen LogP contribution in [0.1, 0.15) is 37.7 Å². The number of hydrogen-bond donors (Lipinski definition) is 1. The third kappa shape index (κ3) is 5.45. The minimum absolute atomic E-state index is 0.882. The Balaban J connectivity index is 1.46. The largest absolute Gasteiger partial charge is 0.316 e. The summed E-state index contributed by atoms with van der Waals surface area (Å²) in [5, 5.41) is 4.50. The van der Waals surface area contributed by atoms with Crippen LogP contribution in [-0.4, -0.2) is 24.1 Å². The summed E-state index contributed by atoms with van der Waals surface area (Å²) in [4.78, 5) is 0. The van der Waals surface area contributed by atoms with Gasteiger partial charge in [0.1, 0.15) is 0 Å². The monoisotopic (exact) mass is 263 g/mol. The molecule has 2 rings (SSSR count). The Hall–Kier alpha value is -0.470. The van der Waals surface area contributed by atoms with Crippen molar-refractivity contribution in [3.05, 3.63) is 35.9 Å². The Morgan fingerprint density at radius 2 is 2.00 bits per heavy atom. The van der Waals surface area contributed by atoms with Crippen LogP contribution >= 0.6 is 11.8 Å². The van der Waals surface area contributed by atoms with E-state index in [0.29, 0.717) is 0 Å². The van der Waals surface area contributed by atoms with Crippen LogP contribution in [0.2, 0.25) is 0 Å². The standard InChI is InChI=1S/C16H25NS/c1-2-8-15(9-3-1)10-4-6-12-17-14-16-11-5-7-13-18-16/h1-3,8-9,16-17H,4-7,10-14H2. The number of benzene rings is 1. The minimum Gasteiger partial charge on any atom is -0.316 e. The molecule has 1 N–H and O–H groups in total. The molecule has 1 unspecified atom stereocenters. The Morgan fingerprint density at radius 1 is 1.11 bits per heavy atom. The molecule has 1 fully saturated rings. The zero-order valence-corrected chi connectivity index (χ0v) is 12.1. The van der Waals surface area contributed by atoms with Gasteiger partial charge in [0.2, 0.25) is 0 Å². The molecular weight excluding hydrogens is 238 g/mol. The summed E-state index contributed by atoms with van der Waals surface area (Å²) < 4.78 is 0. The SMILES string of the molecule is c1ccc(CCCCNCC2CCCCS2)cc1. The number of thioether (sulfide) groups is 1. The van der Waals surface area contributed by atoms with Gasteiger partial charge in [-0.25, -0.2) is 0 Å². The smallest absolute Gasteiger partial charge is 0.0172 e. The van der Waals surface area contributed by atoms with Crippen molar-refractivity contribution >= 4 is 11.8 Å². The maximum absolute atomic E-state index is 3.62. The Morgan fingerprint density at radius 3 is 2.78 bits per heavy atom. The van der Waals surface area contributed by atoms with Gasteiger partial charge < -0.3 is 5.32 Å². The van der Waals surface area contributed by atoms with Crippen LogP contribution in [0.4, 0.5) is 0 Å². The summed E-state index contributed by atoms with van der Waals surface area (Å²) in [6.07, 6.45) is 8.11. The maximum Gasteiger partial charge on any atom is 0.0172 e. The predicted octanol–water partition coefficient (Wildman–Crippen LogP) is 3.88. The normalized spacial score (nSPS) is 19.9. The summed E-state index contributed by atoms with van der Waals surface area (Å²) in [5.74, 6) is 1.38. The highest BCUT2D eigenvalue weighted by atomic mass is 32.2. The van der Waals surface area contributed by atoms with E-state index in [4.69, 9.17) is 0 Å². The van der Waals surface area contributed by atoms with Crippen LogP contribution in [0.25, 0.3) is 0 Å². The second-order valence-electron chi connectivity index (χ2n) is 5.14. The van der Waals surface area contributed by atoms with Gasteiger partial charge in [-0.05, 0) is 50.0 Å². The molecule has 1 aliphatic heterocycles. The van der Waals surface area contributed by atoms with E-state index >= 15 is 0 Å². The van der Waals surface area contributed by atoms with Gasteiger partial charge in [-0.1, -0.05) is 36.8 Å². The zero-order valence-electron chi connectivity index (χ0n) is 11.2. The Kier molecular flexibility index (Phi) is 6.67. The van der Waals surface area contributed by atoms with E-state index in [2.05, 4.69) is 47.4 Å². The fourth-order valence-corrected chi connectivity index (χ4v) is 3.73. The van der Waals surface area contributed by atoms with E-state index < -0.39 is 0 Å². The zero-order chi connectivity index (χ0) is 12.5. The van der Waals surface area contributed by atoms with Gasteiger partial charge in [0.15, 0.2) is 0 Å². The van der Waals surface area contributed by atoms with Gasteiger partial charge in [0, 0.05) is 11.8 Å². The predicted molar refractivity (Wildman–Crippen MR) is 82.3 cm³/mol. The number of hydrogen-bond acceptors (Lipinski definition) is 2. The van der Waals surface area contributed by atoms with Gasteiger partial charge in [-0.3, -0.25) is 0 Å². The molecule has 18 heavy (non-hydrogen) atoms. The maximum atomic E-state index is 3.62. The highest BCUT2D eigenvalue weighted by Crippen LogP contribution is 2.24. The second kappa shape index (κ2) is 8.60. The highest BCUT2D eigenvalue weighted by Gasteiger charge is 2.12. The lowest BCUT2D eigenvalue weighted by Crippen LogP contribution is -2.27. The van der Waals surface area contributed by atoms with E-state index in [0.717, 1.165) is 5.25 Å². The van der Waals surface area contributed by atoms with E-state index in [-0.39, 0.29) is 0 Å². The third-order valence-electron chi connectivity index (χ3n) is 3.56. The number of rotatable bonds is 7. The molecule has 1 aliphatic rings. The van der Waals surface area contributed by atoms with Crippen molar-refractivity contribution in [2.75, 3.05) is 18.8 Å². The fraction of sp³-hybridized carbons (Fsp3) is 0.625. The van der Waals surface area contributed by atoms with Crippen molar-refractivity contribution in [2.45, 2.75) is 43.8 Å². The lowest BCUT2D eigenvalue weighted by Gasteiger charge is -2.21. The molecule has 1 saturated heterocycles. The molecule has 1 atom stereocenters. The first-order valence-corrected chi connectivity index (χ1v) is 8.36. The van der Waals surface area contributed by atoms with Crippen molar-refractivity contribution in [3.63, 3.8) is 0 Å². The average Bonchev–Trinajstić information content (AvgIpc) is 2.45. The number of nitrogens with one attached hydrogen (secondary N) is 1. The number of unbranched alkanes of at least 4 members (excludes halogenated alkanes) is 1. The third-order valence-corrected chi connectivity index (χ3v) is 4.96. The minimum atomic E-state index is 0.882. The number of aryl methyl sites for hydroxylation is 1. The van der Waals surface area contributed by atoms with Crippen molar-refractivity contribution in [1.29, 1.82) is 0 Å². The van der Waals surface area contributed by atoms with Gasteiger partial charge >= 0.3 is 0 Å². The van der Waals surface area contributed by atoms with E-state index in [9.17, 15) is 0 Å². The molecular formula is C16H25NS. The molecule has 1 heterocycles. The quantitative estimate of drug-likeness (QED) is 0.749. The van der Waals surface area contributed by atoms with Crippen LogP contribution in [0.15, 0.2) is 30.3 Å². The van der Waals surface area contributed by atoms with Crippen LogP contribution in [-0.2, 0) is 6.42 Å². The van der Waals surface area contributed by atoms with Gasteiger partial charge in [0.05, 0.1) is 0 Å². The summed E-state index contributed by atoms with van der Waals surface area (Å²) in [6.45, 7) is 2.40. The summed E-state index contributed by atoms with van der Waals surface area (Å²) in [6, 6.07) is 10.8. The molecule has 0 aliphatic carbocycles. The molecule has 100 valence electrons. The van der Waals surface area contributed by atoms with Gasteiger partial charge in [0.25, 0.3) is 0 Å². The van der Waals surface area contributed by atoms with Crippen molar-refractivity contribution in [1.82, 2.24) is 5.32 Å². The first kappa shape index (κ1) is 14.0. The van der Waals surface area contributed by atoms with Crippen molar-refractivity contribution in [2.24, 2.45) is 0 Å². The molecule has 1 aromatic carbocycles. The Labute approximate surface area is 116 Å². The molecule has 1 nitrogen and oxygen atoms in total. The van der Waals surface area contributed by atoms with Crippen LogP contribution < -0.4 is 5.32 Å². The van der Waals surface area contributed by atoms with Crippen molar-refractivity contribution < 1.29 is 0 Å². The topological polar surface area (TPSA) is 12.0 Å². The van der Waals surface area contributed by atoms with E-state index in [1.807, 2.05) is 0 Å². The molecule has 0 saturated carbocycles. The van der Waals surface area contributed by atoms with Crippen LogP contribution in [0.3, 0.4) is 0 Å². The first-order chi connectivity index (χ1) is 8.95. The molecule has 1 aromatic rings. The molecule has 0 bridgehead atoms. The second-order valence-corrected chi connectivity index (χ2v) is 6.54. The highest BCUT2D eigenvalue weighted by molar-refractivity contribution is 7.99. The lowest BCUT2D eigenvalue weighted by molar-refractivity contribution is 0.576. The van der Waals surface area contributed by atoms with E-state index in [1.165, 1.54) is 62.9 Å². The van der Waals surface area contributed by atoms with Gasteiger partial charge in [-0.2, -0.15) is 11.8 Å².